The predicted molar refractivity (Wildman–Crippen MR) is 140 cm³/mol. The van der Waals surface area contributed by atoms with E-state index in [1.165, 1.54) is 4.88 Å². The lowest BCUT2D eigenvalue weighted by Crippen LogP contribution is -2.48. The third kappa shape index (κ3) is 5.88. The summed E-state index contributed by atoms with van der Waals surface area (Å²) < 4.78 is 16.6. The number of ether oxygens (including phenoxy) is 3. The molecule has 3 aromatic rings. The molecule has 0 saturated heterocycles. The lowest BCUT2D eigenvalue weighted by molar-refractivity contribution is -0.135. The Hall–Kier alpha value is -3.36. The van der Waals surface area contributed by atoms with E-state index in [2.05, 4.69) is 11.4 Å². The van der Waals surface area contributed by atoms with Gasteiger partial charge in [-0.2, -0.15) is 0 Å². The van der Waals surface area contributed by atoms with Gasteiger partial charge < -0.3 is 24.0 Å². The normalized spacial score (nSPS) is 14.8. The van der Waals surface area contributed by atoms with Gasteiger partial charge in [0.2, 0.25) is 5.91 Å². The quantitative estimate of drug-likeness (QED) is 0.407. The van der Waals surface area contributed by atoms with Gasteiger partial charge in [0.15, 0.2) is 0 Å². The first-order valence-electron chi connectivity index (χ1n) is 12.0. The topological polar surface area (TPSA) is 68.3 Å². The fourth-order valence-corrected chi connectivity index (χ4v) is 5.31. The highest BCUT2D eigenvalue weighted by Gasteiger charge is 2.33. The number of hydrogen-bond donors (Lipinski definition) is 0. The summed E-state index contributed by atoms with van der Waals surface area (Å²) in [4.78, 5) is 31.6. The highest BCUT2D eigenvalue weighted by atomic mass is 32.1. The van der Waals surface area contributed by atoms with Crippen LogP contribution >= 0.6 is 11.3 Å². The van der Waals surface area contributed by atoms with E-state index < -0.39 is 0 Å². The average molecular weight is 509 g/mol. The number of amides is 2. The summed E-state index contributed by atoms with van der Waals surface area (Å²) in [6.45, 7) is 3.56. The van der Waals surface area contributed by atoms with Crippen LogP contribution in [0.3, 0.4) is 0 Å². The number of nitrogens with zero attached hydrogens (tertiary/aromatic N) is 2. The molecule has 4 rings (SSSR count). The van der Waals surface area contributed by atoms with E-state index in [1.54, 1.807) is 54.7 Å². The Bertz CT molecular complexity index is 1180. The Balaban J connectivity index is 1.52. The van der Waals surface area contributed by atoms with Crippen LogP contribution in [0.15, 0.2) is 60.0 Å². The van der Waals surface area contributed by atoms with Crippen LogP contribution in [0.5, 0.6) is 11.5 Å². The van der Waals surface area contributed by atoms with Crippen molar-refractivity contribution in [2.45, 2.75) is 19.4 Å². The Morgan fingerprint density at radius 3 is 2.58 bits per heavy atom. The number of para-hydroxylation sites is 1. The fraction of sp³-hybridized carbons (Fsp3) is 0.357. The van der Waals surface area contributed by atoms with E-state index >= 15 is 0 Å². The number of benzene rings is 2. The van der Waals surface area contributed by atoms with Gasteiger partial charge in [-0.25, -0.2) is 0 Å². The van der Waals surface area contributed by atoms with Gasteiger partial charge in [0.1, 0.15) is 24.7 Å². The lowest BCUT2D eigenvalue weighted by atomic mass is 10.00. The minimum Gasteiger partial charge on any atom is -0.497 e. The molecule has 8 heteroatoms. The monoisotopic (exact) mass is 508 g/mol. The maximum Gasteiger partial charge on any atom is 0.254 e. The summed E-state index contributed by atoms with van der Waals surface area (Å²) in [5.74, 6) is 1.15. The first-order valence-corrected chi connectivity index (χ1v) is 12.9. The number of aryl methyl sites for hydroxylation is 1. The van der Waals surface area contributed by atoms with Crippen LogP contribution in [0.25, 0.3) is 0 Å². The molecule has 7 nitrogen and oxygen atoms in total. The number of carbonyl (C=O) groups excluding carboxylic acids is 2. The van der Waals surface area contributed by atoms with Gasteiger partial charge in [0, 0.05) is 30.6 Å². The maximum atomic E-state index is 13.6. The molecule has 1 aliphatic heterocycles. The van der Waals surface area contributed by atoms with Crippen LogP contribution < -0.4 is 9.47 Å². The van der Waals surface area contributed by atoms with Crippen molar-refractivity contribution in [2.24, 2.45) is 0 Å². The summed E-state index contributed by atoms with van der Waals surface area (Å²) in [6.07, 6.45) is 0.796. The zero-order valence-electron chi connectivity index (χ0n) is 20.9. The van der Waals surface area contributed by atoms with Crippen molar-refractivity contribution in [3.8, 4) is 11.5 Å². The van der Waals surface area contributed by atoms with E-state index in [4.69, 9.17) is 14.2 Å². The van der Waals surface area contributed by atoms with Crippen molar-refractivity contribution in [1.29, 1.82) is 0 Å². The standard InChI is InChI=1S/C28H32N2O5S/c1-20-6-4-5-7-25(20)35-19-24-23-13-17-36-26(23)12-14-30(24)27(31)18-29(15-16-33-2)28(32)21-8-10-22(34-3)11-9-21/h4-11,13,17,24H,12,14-16,18-19H2,1-3H3/t24-/m1/s1. The second-order valence-electron chi connectivity index (χ2n) is 8.68. The molecule has 2 heterocycles. The number of hydrogen-bond acceptors (Lipinski definition) is 6. The molecule has 36 heavy (non-hydrogen) atoms. The summed E-state index contributed by atoms with van der Waals surface area (Å²) in [5, 5.41) is 2.07. The summed E-state index contributed by atoms with van der Waals surface area (Å²) in [7, 11) is 3.16. The molecule has 0 N–H and O–H groups in total. The van der Waals surface area contributed by atoms with E-state index in [9.17, 15) is 9.59 Å². The first-order chi connectivity index (χ1) is 17.5. The van der Waals surface area contributed by atoms with Crippen LogP contribution in [0.1, 0.15) is 32.4 Å². The number of methoxy groups -OCH3 is 2. The molecule has 0 aliphatic carbocycles. The van der Waals surface area contributed by atoms with Crippen molar-refractivity contribution in [1.82, 2.24) is 9.80 Å². The smallest absolute Gasteiger partial charge is 0.254 e. The Kier molecular flexibility index (Phi) is 8.61. The number of rotatable bonds is 10. The van der Waals surface area contributed by atoms with Crippen molar-refractivity contribution >= 4 is 23.2 Å². The van der Waals surface area contributed by atoms with E-state index in [0.717, 1.165) is 23.3 Å². The van der Waals surface area contributed by atoms with Crippen LogP contribution in [0.2, 0.25) is 0 Å². The molecule has 190 valence electrons. The van der Waals surface area contributed by atoms with Crippen LogP contribution in [-0.2, 0) is 16.0 Å². The van der Waals surface area contributed by atoms with Gasteiger partial charge in [-0.05, 0) is 66.2 Å². The number of thiophene rings is 1. The zero-order valence-corrected chi connectivity index (χ0v) is 21.8. The minimum absolute atomic E-state index is 0.0332. The Morgan fingerprint density at radius 1 is 1.08 bits per heavy atom. The highest BCUT2D eigenvalue weighted by Crippen LogP contribution is 2.34. The van der Waals surface area contributed by atoms with Crippen LogP contribution in [-0.4, -0.2) is 68.7 Å². The lowest BCUT2D eigenvalue weighted by Gasteiger charge is -2.37. The molecule has 0 fully saturated rings. The highest BCUT2D eigenvalue weighted by molar-refractivity contribution is 7.10. The third-order valence-electron chi connectivity index (χ3n) is 6.42. The zero-order chi connectivity index (χ0) is 25.5. The predicted octanol–water partition coefficient (Wildman–Crippen LogP) is 4.36. The van der Waals surface area contributed by atoms with Crippen molar-refractivity contribution in [2.75, 3.05) is 47.1 Å². The van der Waals surface area contributed by atoms with Crippen molar-refractivity contribution < 1.29 is 23.8 Å². The van der Waals surface area contributed by atoms with Crippen LogP contribution in [0.4, 0.5) is 0 Å². The van der Waals surface area contributed by atoms with E-state index in [1.807, 2.05) is 36.1 Å². The van der Waals surface area contributed by atoms with Crippen LogP contribution in [0, 0.1) is 6.92 Å². The van der Waals surface area contributed by atoms with Gasteiger partial charge in [-0.15, -0.1) is 11.3 Å². The molecule has 0 saturated carbocycles. The molecule has 2 amide bonds. The van der Waals surface area contributed by atoms with E-state index in [0.29, 0.717) is 37.6 Å². The SMILES string of the molecule is COCCN(CC(=O)N1CCc2sccc2[C@H]1COc1ccccc1C)C(=O)c1ccc(OC)cc1. The molecular formula is C28H32N2O5S. The molecule has 1 atom stereocenters. The molecular weight excluding hydrogens is 476 g/mol. The molecule has 0 spiro atoms. The third-order valence-corrected chi connectivity index (χ3v) is 7.42. The largest absolute Gasteiger partial charge is 0.497 e. The maximum absolute atomic E-state index is 13.6. The number of fused-ring (bicyclic) bond motifs is 1. The average Bonchev–Trinajstić information content (AvgIpc) is 3.39. The van der Waals surface area contributed by atoms with Crippen molar-refractivity contribution in [3.05, 3.63) is 81.5 Å². The molecule has 0 bridgehead atoms. The second kappa shape index (κ2) is 12.1. The Labute approximate surface area is 216 Å². The summed E-state index contributed by atoms with van der Waals surface area (Å²) in [6, 6.07) is 16.6. The second-order valence-corrected chi connectivity index (χ2v) is 9.68. The van der Waals surface area contributed by atoms with Gasteiger partial charge >= 0.3 is 0 Å². The minimum atomic E-state index is -0.219. The van der Waals surface area contributed by atoms with Gasteiger partial charge in [0.25, 0.3) is 5.91 Å². The molecule has 0 radical (unpaired) electrons. The molecule has 1 aliphatic rings. The summed E-state index contributed by atoms with van der Waals surface area (Å²) in [5.41, 5.74) is 2.67. The Morgan fingerprint density at radius 2 is 1.86 bits per heavy atom. The van der Waals surface area contributed by atoms with Gasteiger partial charge in [-0.3, -0.25) is 9.59 Å². The van der Waals surface area contributed by atoms with Gasteiger partial charge in [-0.1, -0.05) is 18.2 Å². The van der Waals surface area contributed by atoms with E-state index in [-0.39, 0.29) is 24.4 Å². The van der Waals surface area contributed by atoms with Gasteiger partial charge in [0.05, 0.1) is 19.8 Å². The number of carbonyl (C=O) groups is 2. The molecule has 0 unspecified atom stereocenters. The van der Waals surface area contributed by atoms with Crippen molar-refractivity contribution in [3.63, 3.8) is 0 Å². The summed E-state index contributed by atoms with van der Waals surface area (Å²) >= 11 is 1.71. The molecule has 2 aromatic carbocycles. The molecule has 1 aromatic heterocycles. The fourth-order valence-electron chi connectivity index (χ4n) is 4.39. The first kappa shape index (κ1) is 25.7.